The van der Waals surface area contributed by atoms with Gasteiger partial charge < -0.3 is 11.1 Å². The van der Waals surface area contributed by atoms with Crippen LogP contribution in [0.25, 0.3) is 0 Å². The molecule has 2 nitrogen and oxygen atoms in total. The van der Waals surface area contributed by atoms with Gasteiger partial charge in [0.15, 0.2) is 0 Å². The highest BCUT2D eigenvalue weighted by Crippen LogP contribution is 2.40. The molecule has 2 atom stereocenters. The fraction of sp³-hybridized carbons (Fsp3) is 1.00. The lowest BCUT2D eigenvalue weighted by atomic mass is 9.90. The molecule has 2 heteroatoms. The minimum Gasteiger partial charge on any atom is -0.329 e. The lowest BCUT2D eigenvalue weighted by Gasteiger charge is -2.33. The van der Waals surface area contributed by atoms with Crippen molar-refractivity contribution in [3.05, 3.63) is 0 Å². The smallest absolute Gasteiger partial charge is 0.0280 e. The zero-order valence-corrected chi connectivity index (χ0v) is 11.2. The van der Waals surface area contributed by atoms with E-state index in [1.165, 1.54) is 38.5 Å². The van der Waals surface area contributed by atoms with Gasteiger partial charge in [0.2, 0.25) is 0 Å². The molecule has 16 heavy (non-hydrogen) atoms. The van der Waals surface area contributed by atoms with Gasteiger partial charge >= 0.3 is 0 Å². The van der Waals surface area contributed by atoms with Crippen molar-refractivity contribution in [3.8, 4) is 0 Å². The van der Waals surface area contributed by atoms with Crippen molar-refractivity contribution in [2.24, 2.45) is 17.1 Å². The van der Waals surface area contributed by atoms with Gasteiger partial charge in [0.25, 0.3) is 0 Å². The summed E-state index contributed by atoms with van der Waals surface area (Å²) < 4.78 is 0. The van der Waals surface area contributed by atoms with Gasteiger partial charge in [0, 0.05) is 18.1 Å². The van der Waals surface area contributed by atoms with Crippen LogP contribution < -0.4 is 11.1 Å². The molecule has 0 aromatic rings. The number of nitrogens with two attached hydrogens (primary N) is 1. The Morgan fingerprint density at radius 1 is 1.31 bits per heavy atom. The quantitative estimate of drug-likeness (QED) is 0.753. The molecule has 3 N–H and O–H groups in total. The molecule has 2 rings (SSSR count). The van der Waals surface area contributed by atoms with Gasteiger partial charge in [-0.25, -0.2) is 0 Å². The lowest BCUT2D eigenvalue weighted by molar-refractivity contribution is 0.271. The summed E-state index contributed by atoms with van der Waals surface area (Å²) in [7, 11) is 0. The van der Waals surface area contributed by atoms with Crippen LogP contribution >= 0.6 is 0 Å². The number of rotatable bonds is 5. The average molecular weight is 224 g/mol. The highest BCUT2D eigenvalue weighted by atomic mass is 15.0. The van der Waals surface area contributed by atoms with E-state index in [0.717, 1.165) is 12.5 Å². The third kappa shape index (κ3) is 3.21. The van der Waals surface area contributed by atoms with Gasteiger partial charge in [-0.3, -0.25) is 0 Å². The van der Waals surface area contributed by atoms with E-state index in [2.05, 4.69) is 26.1 Å². The summed E-state index contributed by atoms with van der Waals surface area (Å²) in [5.41, 5.74) is 6.69. The summed E-state index contributed by atoms with van der Waals surface area (Å²) in [6, 6.07) is 0.697. The first-order valence-corrected chi connectivity index (χ1v) is 6.90. The van der Waals surface area contributed by atoms with Crippen molar-refractivity contribution in [3.63, 3.8) is 0 Å². The SMILES string of the molecule is CC1(C)CCC(NC(C)(CN)CC2CC2)C1. The van der Waals surface area contributed by atoms with Crippen LogP contribution in [0.3, 0.4) is 0 Å². The van der Waals surface area contributed by atoms with E-state index in [-0.39, 0.29) is 5.54 Å². The van der Waals surface area contributed by atoms with Crippen LogP contribution in [0.15, 0.2) is 0 Å². The molecular weight excluding hydrogens is 196 g/mol. The second-order valence-corrected chi connectivity index (χ2v) is 7.16. The predicted molar refractivity (Wildman–Crippen MR) is 69.4 cm³/mol. The van der Waals surface area contributed by atoms with Crippen LogP contribution in [0.2, 0.25) is 0 Å². The zero-order valence-electron chi connectivity index (χ0n) is 11.2. The first kappa shape index (κ1) is 12.4. The van der Waals surface area contributed by atoms with Crippen LogP contribution in [-0.4, -0.2) is 18.1 Å². The Balaban J connectivity index is 1.86. The van der Waals surface area contributed by atoms with Gasteiger partial charge in [-0.05, 0) is 43.9 Å². The summed E-state index contributed by atoms with van der Waals surface area (Å²) >= 11 is 0. The first-order chi connectivity index (χ1) is 7.42. The van der Waals surface area contributed by atoms with Gasteiger partial charge in [-0.1, -0.05) is 26.7 Å². The fourth-order valence-electron chi connectivity index (χ4n) is 3.21. The average Bonchev–Trinajstić information content (AvgIpc) is 2.92. The molecule has 0 spiro atoms. The monoisotopic (exact) mass is 224 g/mol. The topological polar surface area (TPSA) is 38.0 Å². The van der Waals surface area contributed by atoms with Crippen molar-refractivity contribution in [1.82, 2.24) is 5.32 Å². The molecule has 0 aromatic heterocycles. The molecule has 2 fully saturated rings. The predicted octanol–water partition coefficient (Wildman–Crippen LogP) is 2.67. The Morgan fingerprint density at radius 2 is 2.00 bits per heavy atom. The maximum absolute atomic E-state index is 5.97. The maximum atomic E-state index is 5.97. The van der Waals surface area contributed by atoms with Crippen molar-refractivity contribution in [1.29, 1.82) is 0 Å². The van der Waals surface area contributed by atoms with Gasteiger partial charge in [-0.15, -0.1) is 0 Å². The fourth-order valence-corrected chi connectivity index (χ4v) is 3.21. The van der Waals surface area contributed by atoms with Crippen molar-refractivity contribution in [2.75, 3.05) is 6.54 Å². The van der Waals surface area contributed by atoms with Gasteiger partial charge in [0.05, 0.1) is 0 Å². The van der Waals surface area contributed by atoms with E-state index < -0.39 is 0 Å². The molecule has 2 unspecified atom stereocenters. The third-order valence-corrected chi connectivity index (χ3v) is 4.41. The number of nitrogens with one attached hydrogen (secondary N) is 1. The Bertz CT molecular complexity index is 245. The first-order valence-electron chi connectivity index (χ1n) is 6.90. The second-order valence-electron chi connectivity index (χ2n) is 7.16. The van der Waals surface area contributed by atoms with Crippen LogP contribution in [-0.2, 0) is 0 Å². The largest absolute Gasteiger partial charge is 0.329 e. The highest BCUT2D eigenvalue weighted by Gasteiger charge is 2.37. The van der Waals surface area contributed by atoms with Crippen LogP contribution in [0.5, 0.6) is 0 Å². The maximum Gasteiger partial charge on any atom is 0.0280 e. The molecule has 0 amide bonds. The minimum atomic E-state index is 0.187. The molecule has 0 saturated heterocycles. The van der Waals surface area contributed by atoms with Gasteiger partial charge in [-0.2, -0.15) is 0 Å². The van der Waals surface area contributed by atoms with E-state index in [0.29, 0.717) is 11.5 Å². The third-order valence-electron chi connectivity index (χ3n) is 4.41. The molecule has 0 aliphatic heterocycles. The second kappa shape index (κ2) is 4.30. The van der Waals surface area contributed by atoms with E-state index >= 15 is 0 Å². The van der Waals surface area contributed by atoms with Gasteiger partial charge in [0.1, 0.15) is 0 Å². The van der Waals surface area contributed by atoms with Crippen LogP contribution in [0.1, 0.15) is 59.3 Å². The molecular formula is C14H28N2. The molecule has 2 aliphatic carbocycles. The Labute approximate surface area is 100 Å². The Hall–Kier alpha value is -0.0800. The zero-order chi connectivity index (χ0) is 11.8. The lowest BCUT2D eigenvalue weighted by Crippen LogP contribution is -2.52. The molecule has 0 heterocycles. The van der Waals surface area contributed by atoms with Crippen molar-refractivity contribution < 1.29 is 0 Å². The molecule has 94 valence electrons. The van der Waals surface area contributed by atoms with Crippen molar-refractivity contribution >= 4 is 0 Å². The minimum absolute atomic E-state index is 0.187. The summed E-state index contributed by atoms with van der Waals surface area (Å²) in [6.07, 6.45) is 8.12. The van der Waals surface area contributed by atoms with E-state index in [4.69, 9.17) is 5.73 Å². The normalized spacial score (nSPS) is 32.6. The molecule has 0 aromatic carbocycles. The highest BCUT2D eigenvalue weighted by molar-refractivity contribution is 4.96. The molecule has 0 bridgehead atoms. The summed E-state index contributed by atoms with van der Waals surface area (Å²) in [5.74, 6) is 0.954. The number of hydrogen-bond acceptors (Lipinski definition) is 2. The molecule has 0 radical (unpaired) electrons. The number of hydrogen-bond donors (Lipinski definition) is 2. The summed E-state index contributed by atoms with van der Waals surface area (Å²) in [5, 5.41) is 3.84. The van der Waals surface area contributed by atoms with E-state index in [1.807, 2.05) is 0 Å². The van der Waals surface area contributed by atoms with E-state index in [9.17, 15) is 0 Å². The molecule has 2 aliphatic rings. The van der Waals surface area contributed by atoms with Crippen molar-refractivity contribution in [2.45, 2.75) is 70.9 Å². The van der Waals surface area contributed by atoms with E-state index in [1.54, 1.807) is 0 Å². The summed E-state index contributed by atoms with van der Waals surface area (Å²) in [4.78, 5) is 0. The Morgan fingerprint density at radius 3 is 2.44 bits per heavy atom. The molecule has 2 saturated carbocycles. The van der Waals surface area contributed by atoms with Crippen LogP contribution in [0.4, 0.5) is 0 Å². The Kier molecular flexibility index (Phi) is 3.33. The standard InChI is InChI=1S/C14H28N2/c1-13(2)7-6-12(9-13)16-14(3,10-15)8-11-4-5-11/h11-12,16H,4-10,15H2,1-3H3. The van der Waals surface area contributed by atoms with Crippen LogP contribution in [0, 0.1) is 11.3 Å². The summed E-state index contributed by atoms with van der Waals surface area (Å²) in [6.45, 7) is 7.86.